The molecule has 0 aromatic carbocycles. The van der Waals surface area contributed by atoms with Crippen LogP contribution >= 0.6 is 7.82 Å². The summed E-state index contributed by atoms with van der Waals surface area (Å²) >= 11 is 0. The number of nitrogens with zero attached hydrogens (tertiary/aromatic N) is 1. The van der Waals surface area contributed by atoms with E-state index in [1.807, 2.05) is 45.4 Å². The molecule has 0 spiro atoms. The Morgan fingerprint density at radius 1 is 0.679 bits per heavy atom. The molecule has 0 aliphatic rings. The van der Waals surface area contributed by atoms with Crippen molar-refractivity contribution in [1.29, 1.82) is 0 Å². The lowest BCUT2D eigenvalue weighted by Crippen LogP contribution is -2.37. The molecular formula is C46H82NO8P. The number of likely N-dealkylation sites (N-methyl/N-ethyl adjacent to an activating group) is 1. The maximum Gasteiger partial charge on any atom is 0.305 e. The molecule has 0 aromatic heterocycles. The minimum Gasteiger partial charge on any atom is -0.756 e. The number of hydrogen-bond donors (Lipinski definition) is 1. The van der Waals surface area contributed by atoms with Crippen molar-refractivity contribution >= 4 is 13.8 Å². The zero-order chi connectivity index (χ0) is 41.4. The van der Waals surface area contributed by atoms with Crippen molar-refractivity contribution in [2.24, 2.45) is 0 Å². The molecule has 10 heteroatoms. The van der Waals surface area contributed by atoms with Gasteiger partial charge in [-0.3, -0.25) is 9.36 Å². The van der Waals surface area contributed by atoms with Gasteiger partial charge in [0.05, 0.1) is 40.1 Å². The van der Waals surface area contributed by atoms with Crippen LogP contribution in [0, 0.1) is 0 Å². The van der Waals surface area contributed by atoms with Gasteiger partial charge in [-0.2, -0.15) is 0 Å². The number of aliphatic hydroxyl groups is 1. The van der Waals surface area contributed by atoms with Crippen molar-refractivity contribution in [1.82, 2.24) is 0 Å². The first-order valence-corrected chi connectivity index (χ1v) is 23.3. The van der Waals surface area contributed by atoms with E-state index in [9.17, 15) is 19.4 Å². The molecule has 1 N–H and O–H groups in total. The molecule has 0 radical (unpaired) electrons. The highest BCUT2D eigenvalue weighted by Crippen LogP contribution is 2.38. The largest absolute Gasteiger partial charge is 0.756 e. The molecule has 3 atom stereocenters. The summed E-state index contributed by atoms with van der Waals surface area (Å²) in [5.41, 5.74) is 0. The van der Waals surface area contributed by atoms with Gasteiger partial charge in [0.1, 0.15) is 19.8 Å². The number of allylic oxidation sites excluding steroid dienone is 10. The van der Waals surface area contributed by atoms with Crippen LogP contribution < -0.4 is 4.89 Å². The Labute approximate surface area is 343 Å². The smallest absolute Gasteiger partial charge is 0.305 e. The molecule has 0 aliphatic carbocycles. The van der Waals surface area contributed by atoms with Gasteiger partial charge in [0.25, 0.3) is 7.82 Å². The van der Waals surface area contributed by atoms with E-state index < -0.39 is 13.9 Å². The number of carbonyl (C=O) groups excluding carboxylic acids is 1. The fraction of sp³-hybridized carbons (Fsp3) is 0.717. The molecule has 324 valence electrons. The quantitative estimate of drug-likeness (QED) is 0.0124. The number of aliphatic hydroxyl groups excluding tert-OH is 1. The number of hydrogen-bond acceptors (Lipinski definition) is 8. The first-order valence-electron chi connectivity index (χ1n) is 21.8. The normalized spacial score (nSPS) is 15.0. The highest BCUT2D eigenvalue weighted by molar-refractivity contribution is 7.45. The van der Waals surface area contributed by atoms with Crippen LogP contribution in [0.1, 0.15) is 155 Å². The third-order valence-electron chi connectivity index (χ3n) is 8.92. The van der Waals surface area contributed by atoms with Crippen LogP contribution in [0.4, 0.5) is 0 Å². The van der Waals surface area contributed by atoms with Crippen molar-refractivity contribution in [3.63, 3.8) is 0 Å². The number of phosphoric ester groups is 1. The fourth-order valence-corrected chi connectivity index (χ4v) is 6.12. The molecule has 0 aliphatic heterocycles. The van der Waals surface area contributed by atoms with E-state index in [0.717, 1.165) is 64.2 Å². The highest BCUT2D eigenvalue weighted by Gasteiger charge is 2.19. The van der Waals surface area contributed by atoms with E-state index in [1.165, 1.54) is 64.2 Å². The van der Waals surface area contributed by atoms with Gasteiger partial charge in [0.2, 0.25) is 0 Å². The van der Waals surface area contributed by atoms with Crippen LogP contribution in [0.5, 0.6) is 0 Å². The van der Waals surface area contributed by atoms with Crippen molar-refractivity contribution in [3.05, 3.63) is 73.1 Å². The van der Waals surface area contributed by atoms with E-state index in [0.29, 0.717) is 17.4 Å². The Kier molecular flexibility index (Phi) is 36.7. The summed E-state index contributed by atoms with van der Waals surface area (Å²) in [6.07, 6.45) is 46.3. The number of phosphoric acid groups is 1. The Morgan fingerprint density at radius 3 is 1.89 bits per heavy atom. The summed E-state index contributed by atoms with van der Waals surface area (Å²) in [5.74, 6) is -0.367. The highest BCUT2D eigenvalue weighted by atomic mass is 31.2. The zero-order valence-corrected chi connectivity index (χ0v) is 37.1. The van der Waals surface area contributed by atoms with Gasteiger partial charge in [0, 0.05) is 6.42 Å². The van der Waals surface area contributed by atoms with Crippen molar-refractivity contribution in [2.75, 3.05) is 47.5 Å². The zero-order valence-electron chi connectivity index (χ0n) is 36.2. The monoisotopic (exact) mass is 808 g/mol. The second-order valence-corrected chi connectivity index (χ2v) is 17.0. The minimum absolute atomic E-state index is 0.00657. The topological polar surface area (TPSA) is 114 Å². The molecule has 0 amide bonds. The van der Waals surface area contributed by atoms with E-state index >= 15 is 0 Å². The van der Waals surface area contributed by atoms with Gasteiger partial charge in [-0.05, 0) is 76.7 Å². The van der Waals surface area contributed by atoms with Crippen LogP contribution in [0.3, 0.4) is 0 Å². The number of rotatable bonds is 39. The number of carbonyl (C=O) groups is 1. The van der Waals surface area contributed by atoms with E-state index in [2.05, 4.69) is 56.4 Å². The summed E-state index contributed by atoms with van der Waals surface area (Å²) in [5, 5.41) is 9.90. The van der Waals surface area contributed by atoms with Gasteiger partial charge in [-0.25, -0.2) is 0 Å². The predicted molar refractivity (Wildman–Crippen MR) is 232 cm³/mol. The van der Waals surface area contributed by atoms with Gasteiger partial charge >= 0.3 is 5.97 Å². The SMILES string of the molecule is CCCCCC/C=C\CCCCCCCC/C=C/O[C@H](COC(=O)CCC/C=C\C/C=C\C/C=C\C=C\[C@H](O)CCCCC)COP(=O)([O-])OCC[N+](C)(C)C. The molecule has 0 bridgehead atoms. The lowest BCUT2D eigenvalue weighted by atomic mass is 10.1. The number of quaternary nitrogens is 1. The molecule has 56 heavy (non-hydrogen) atoms. The van der Waals surface area contributed by atoms with Gasteiger partial charge < -0.3 is 33.0 Å². The van der Waals surface area contributed by atoms with Crippen LogP contribution in [0.15, 0.2) is 73.1 Å². The molecule has 0 saturated heterocycles. The Balaban J connectivity index is 4.45. The van der Waals surface area contributed by atoms with Crippen molar-refractivity contribution in [2.45, 2.75) is 167 Å². The maximum absolute atomic E-state index is 12.5. The van der Waals surface area contributed by atoms with Gasteiger partial charge in [-0.15, -0.1) is 0 Å². The second-order valence-electron chi connectivity index (χ2n) is 15.6. The van der Waals surface area contributed by atoms with Crippen LogP contribution in [0.2, 0.25) is 0 Å². The molecule has 1 unspecified atom stereocenters. The second kappa shape index (κ2) is 38.3. The summed E-state index contributed by atoms with van der Waals surface area (Å²) in [4.78, 5) is 24.8. The first kappa shape index (κ1) is 53.7. The van der Waals surface area contributed by atoms with E-state index in [-0.39, 0.29) is 38.3 Å². The number of unbranched alkanes of at least 4 members (excludes halogenated alkanes) is 14. The summed E-state index contributed by atoms with van der Waals surface area (Å²) < 4.78 is 34.2. The lowest BCUT2D eigenvalue weighted by molar-refractivity contribution is -0.870. The van der Waals surface area contributed by atoms with Gasteiger partial charge in [0.15, 0.2) is 6.10 Å². The molecular weight excluding hydrogens is 725 g/mol. The molecule has 9 nitrogen and oxygen atoms in total. The van der Waals surface area contributed by atoms with Crippen LogP contribution in [0.25, 0.3) is 0 Å². The standard InChI is InChI=1S/C46H82NO8P/c1-6-8-10-11-12-13-14-15-16-17-18-22-25-28-31-35-40-52-45(43-55-56(50,51)54-41-39-47(3,4)5)42-53-46(49)38-34-30-27-24-21-19-20-23-26-29-33-37-44(48)36-32-9-7-2/h13-14,19-20,24,26-27,29,33,35,37,40,44-45,48H,6-12,15-18,21-23,25,28,30-32,34,36,38-39,41-43H2,1-5H3/b14-13-,20-19-,27-24-,29-26-,37-33+,40-35+/t44-,45-/m1/s1. The average molecular weight is 808 g/mol. The average Bonchev–Trinajstić information content (AvgIpc) is 3.15. The third-order valence-corrected chi connectivity index (χ3v) is 9.89. The van der Waals surface area contributed by atoms with Crippen molar-refractivity contribution in [3.8, 4) is 0 Å². The molecule has 0 fully saturated rings. The Bertz CT molecular complexity index is 1140. The molecule has 0 heterocycles. The van der Waals surface area contributed by atoms with E-state index in [1.54, 1.807) is 6.26 Å². The Hall–Kier alpha value is -2.26. The molecule has 0 rings (SSSR count). The number of ether oxygens (including phenoxy) is 2. The van der Waals surface area contributed by atoms with Crippen LogP contribution in [-0.2, 0) is 27.9 Å². The lowest BCUT2D eigenvalue weighted by Gasteiger charge is -2.28. The molecule has 0 aromatic rings. The fourth-order valence-electron chi connectivity index (χ4n) is 5.39. The first-order chi connectivity index (χ1) is 27.0. The summed E-state index contributed by atoms with van der Waals surface area (Å²) in [6, 6.07) is 0. The van der Waals surface area contributed by atoms with Gasteiger partial charge in [-0.1, -0.05) is 139 Å². The predicted octanol–water partition coefficient (Wildman–Crippen LogP) is 11.4. The minimum atomic E-state index is -4.54. The summed E-state index contributed by atoms with van der Waals surface area (Å²) in [7, 11) is 1.29. The van der Waals surface area contributed by atoms with E-state index in [4.69, 9.17) is 18.5 Å². The van der Waals surface area contributed by atoms with Crippen molar-refractivity contribution < 1.29 is 42.4 Å². The third kappa shape index (κ3) is 41.4. The number of esters is 1. The maximum atomic E-state index is 12.5. The Morgan fingerprint density at radius 2 is 1.23 bits per heavy atom. The molecule has 0 saturated carbocycles. The van der Waals surface area contributed by atoms with Crippen LogP contribution in [-0.4, -0.2) is 75.3 Å². The summed E-state index contributed by atoms with van der Waals surface area (Å²) in [6.45, 7) is 4.47.